The van der Waals surface area contributed by atoms with Crippen LogP contribution in [0.5, 0.6) is 5.75 Å². The molecule has 1 aromatic carbocycles. The Morgan fingerprint density at radius 3 is 2.46 bits per heavy atom. The lowest BCUT2D eigenvalue weighted by Gasteiger charge is -2.11. The predicted molar refractivity (Wildman–Crippen MR) is 97.6 cm³/mol. The molecule has 0 spiro atoms. The van der Waals surface area contributed by atoms with Gasteiger partial charge in [0.15, 0.2) is 11.0 Å². The molecular formula is C16H18N4O5S. The first-order chi connectivity index (χ1) is 12.3. The van der Waals surface area contributed by atoms with E-state index in [2.05, 4.69) is 20.0 Å². The molecule has 0 bridgehead atoms. The number of H-pyrrole nitrogens is 1. The summed E-state index contributed by atoms with van der Waals surface area (Å²) in [5.74, 6) is -0.542. The first-order valence-corrected chi connectivity index (χ1v) is 8.33. The summed E-state index contributed by atoms with van der Waals surface area (Å²) in [6, 6.07) is 6.34. The average molecular weight is 378 g/mol. The van der Waals surface area contributed by atoms with Crippen LogP contribution in [0.3, 0.4) is 0 Å². The van der Waals surface area contributed by atoms with E-state index in [1.807, 2.05) is 0 Å². The van der Waals surface area contributed by atoms with Crippen molar-refractivity contribution in [1.29, 1.82) is 0 Å². The number of methoxy groups -OCH3 is 2. The molecule has 1 atom stereocenters. The zero-order valence-electron chi connectivity index (χ0n) is 14.4. The van der Waals surface area contributed by atoms with Gasteiger partial charge in [0.25, 0.3) is 11.5 Å². The number of aromatic nitrogens is 2. The molecule has 138 valence electrons. The van der Waals surface area contributed by atoms with Crippen molar-refractivity contribution in [3.05, 3.63) is 40.2 Å². The third kappa shape index (κ3) is 4.54. The quantitative estimate of drug-likeness (QED) is 0.388. The number of anilines is 2. The standard InChI is InChI=1S/C16H18N4O5S/c1-8(15(23)25-3)26-16-19-12(17)11(14(22)20-16)18-13(21)9-4-6-10(24-2)7-5-9/h4-8H,1-3H3,(H,18,21)(H3,17,19,20,22)/t8-/m1/s1. The minimum Gasteiger partial charge on any atom is -0.497 e. The van der Waals surface area contributed by atoms with Gasteiger partial charge in [-0.2, -0.15) is 0 Å². The molecule has 10 heteroatoms. The molecule has 0 saturated carbocycles. The van der Waals surface area contributed by atoms with E-state index < -0.39 is 22.7 Å². The lowest BCUT2D eigenvalue weighted by Crippen LogP contribution is -2.24. The van der Waals surface area contributed by atoms with E-state index in [0.717, 1.165) is 11.8 Å². The molecule has 0 aliphatic rings. The number of nitrogens with zero attached hydrogens (tertiary/aromatic N) is 1. The van der Waals surface area contributed by atoms with Crippen LogP contribution in [0.4, 0.5) is 11.5 Å². The maximum absolute atomic E-state index is 12.3. The van der Waals surface area contributed by atoms with Crippen LogP contribution < -0.4 is 21.3 Å². The van der Waals surface area contributed by atoms with Gasteiger partial charge in [0, 0.05) is 5.56 Å². The van der Waals surface area contributed by atoms with Crippen LogP contribution in [0, 0.1) is 0 Å². The summed E-state index contributed by atoms with van der Waals surface area (Å²) in [6.07, 6.45) is 0. The first kappa shape index (κ1) is 19.3. The normalized spacial score (nSPS) is 11.5. The van der Waals surface area contributed by atoms with E-state index in [-0.39, 0.29) is 16.7 Å². The van der Waals surface area contributed by atoms with Crippen molar-refractivity contribution in [2.24, 2.45) is 0 Å². The van der Waals surface area contributed by atoms with Gasteiger partial charge in [0.2, 0.25) is 0 Å². The summed E-state index contributed by atoms with van der Waals surface area (Å²) in [7, 11) is 2.78. The predicted octanol–water partition coefficient (Wildman–Crippen LogP) is 1.27. The average Bonchev–Trinajstić information content (AvgIpc) is 2.63. The number of hydrogen-bond donors (Lipinski definition) is 3. The second kappa shape index (κ2) is 8.39. The highest BCUT2D eigenvalue weighted by molar-refractivity contribution is 8.00. The smallest absolute Gasteiger partial charge is 0.318 e. The SMILES string of the molecule is COC(=O)[C@@H](C)Sc1nc(N)c(NC(=O)c2ccc(OC)cc2)c(=O)[nH]1. The van der Waals surface area contributed by atoms with Gasteiger partial charge in [-0.15, -0.1) is 0 Å². The van der Waals surface area contributed by atoms with E-state index in [9.17, 15) is 14.4 Å². The molecule has 0 saturated heterocycles. The zero-order chi connectivity index (χ0) is 19.3. The highest BCUT2D eigenvalue weighted by Gasteiger charge is 2.19. The number of nitrogens with one attached hydrogen (secondary N) is 2. The van der Waals surface area contributed by atoms with Crippen molar-refractivity contribution in [2.45, 2.75) is 17.3 Å². The molecule has 1 heterocycles. The number of rotatable bonds is 6. The fourth-order valence-electron chi connectivity index (χ4n) is 1.96. The number of nitrogen functional groups attached to an aromatic ring is 1. The lowest BCUT2D eigenvalue weighted by molar-refractivity contribution is -0.139. The fraction of sp³-hybridized carbons (Fsp3) is 0.250. The van der Waals surface area contributed by atoms with Crippen molar-refractivity contribution in [1.82, 2.24) is 9.97 Å². The van der Waals surface area contributed by atoms with Crippen molar-refractivity contribution in [3.8, 4) is 5.75 Å². The summed E-state index contributed by atoms with van der Waals surface area (Å²) >= 11 is 0.985. The molecular weight excluding hydrogens is 360 g/mol. The Bertz CT molecular complexity index is 866. The Labute approximate surface area is 153 Å². The van der Waals surface area contributed by atoms with E-state index in [1.165, 1.54) is 14.2 Å². The molecule has 0 fully saturated rings. The molecule has 0 radical (unpaired) electrons. The highest BCUT2D eigenvalue weighted by Crippen LogP contribution is 2.22. The molecule has 9 nitrogen and oxygen atoms in total. The molecule has 1 amide bonds. The number of nitrogens with two attached hydrogens (primary N) is 1. The molecule has 4 N–H and O–H groups in total. The van der Waals surface area contributed by atoms with E-state index in [1.54, 1.807) is 31.2 Å². The number of carbonyl (C=O) groups is 2. The molecule has 0 aliphatic carbocycles. The Hall–Kier alpha value is -3.01. The highest BCUT2D eigenvalue weighted by atomic mass is 32.2. The van der Waals surface area contributed by atoms with Crippen LogP contribution >= 0.6 is 11.8 Å². The number of thioether (sulfide) groups is 1. The van der Waals surface area contributed by atoms with Crippen molar-refractivity contribution < 1.29 is 19.1 Å². The van der Waals surface area contributed by atoms with Crippen molar-refractivity contribution >= 4 is 35.1 Å². The van der Waals surface area contributed by atoms with Gasteiger partial charge in [-0.25, -0.2) is 4.98 Å². The Kier molecular flexibility index (Phi) is 6.23. The number of ether oxygens (including phenoxy) is 2. The third-order valence-corrected chi connectivity index (χ3v) is 4.30. The number of benzene rings is 1. The lowest BCUT2D eigenvalue weighted by atomic mass is 10.2. The van der Waals surface area contributed by atoms with Crippen LogP contribution in [0.25, 0.3) is 0 Å². The van der Waals surface area contributed by atoms with Gasteiger partial charge < -0.3 is 20.5 Å². The van der Waals surface area contributed by atoms with E-state index >= 15 is 0 Å². The molecule has 1 aromatic heterocycles. The Morgan fingerprint density at radius 1 is 1.27 bits per heavy atom. The third-order valence-electron chi connectivity index (χ3n) is 3.34. The van der Waals surface area contributed by atoms with E-state index in [0.29, 0.717) is 11.3 Å². The summed E-state index contributed by atoms with van der Waals surface area (Å²) in [6.45, 7) is 1.60. The maximum Gasteiger partial charge on any atom is 0.318 e. The first-order valence-electron chi connectivity index (χ1n) is 7.45. The second-order valence-electron chi connectivity index (χ2n) is 5.10. The number of amides is 1. The number of aromatic amines is 1. The topological polar surface area (TPSA) is 136 Å². The van der Waals surface area contributed by atoms with Crippen molar-refractivity contribution in [3.63, 3.8) is 0 Å². The minimum absolute atomic E-state index is 0.146. The number of hydrogen-bond acceptors (Lipinski definition) is 8. The molecule has 0 aliphatic heterocycles. The van der Waals surface area contributed by atoms with Crippen LogP contribution in [-0.4, -0.2) is 41.3 Å². The minimum atomic E-state index is -0.626. The molecule has 0 unspecified atom stereocenters. The van der Waals surface area contributed by atoms with Gasteiger partial charge in [0.1, 0.15) is 16.7 Å². The van der Waals surface area contributed by atoms with Gasteiger partial charge in [-0.3, -0.25) is 19.4 Å². The second-order valence-corrected chi connectivity index (χ2v) is 6.43. The number of esters is 1. The van der Waals surface area contributed by atoms with Gasteiger partial charge in [0.05, 0.1) is 14.2 Å². The van der Waals surface area contributed by atoms with E-state index in [4.69, 9.17) is 10.5 Å². The summed E-state index contributed by atoms with van der Waals surface area (Å²) in [4.78, 5) is 42.4. The largest absolute Gasteiger partial charge is 0.497 e. The van der Waals surface area contributed by atoms with Gasteiger partial charge in [-0.05, 0) is 31.2 Å². The zero-order valence-corrected chi connectivity index (χ0v) is 15.2. The summed E-state index contributed by atoms with van der Waals surface area (Å²) in [5, 5.41) is 2.00. The van der Waals surface area contributed by atoms with Gasteiger partial charge in [-0.1, -0.05) is 11.8 Å². The monoisotopic (exact) mass is 378 g/mol. The summed E-state index contributed by atoms with van der Waals surface area (Å²) < 4.78 is 9.63. The van der Waals surface area contributed by atoms with Crippen LogP contribution in [0.1, 0.15) is 17.3 Å². The number of carbonyl (C=O) groups excluding carboxylic acids is 2. The van der Waals surface area contributed by atoms with Crippen LogP contribution in [-0.2, 0) is 9.53 Å². The Morgan fingerprint density at radius 2 is 1.92 bits per heavy atom. The Balaban J connectivity index is 2.18. The molecule has 2 rings (SSSR count). The summed E-state index contributed by atoms with van der Waals surface area (Å²) in [5.41, 5.74) is 5.31. The molecule has 2 aromatic rings. The maximum atomic E-state index is 12.3. The van der Waals surface area contributed by atoms with Crippen LogP contribution in [0.2, 0.25) is 0 Å². The van der Waals surface area contributed by atoms with Crippen molar-refractivity contribution in [2.75, 3.05) is 25.3 Å². The molecule has 26 heavy (non-hydrogen) atoms. The fourth-order valence-corrected chi connectivity index (χ4v) is 2.79. The van der Waals surface area contributed by atoms with Crippen LogP contribution in [0.15, 0.2) is 34.2 Å². The van der Waals surface area contributed by atoms with Gasteiger partial charge >= 0.3 is 5.97 Å².